The number of rotatable bonds is 0. The number of hydrogen-bond acceptors (Lipinski definition) is 1. The molecule has 0 heterocycles. The Hall–Kier alpha value is -0.320. The second-order valence-corrected chi connectivity index (χ2v) is 3.63. The summed E-state index contributed by atoms with van der Waals surface area (Å²) in [6.45, 7) is 0. The highest BCUT2D eigenvalue weighted by molar-refractivity contribution is 6.42. The van der Waals surface area contributed by atoms with Crippen molar-refractivity contribution in [2.24, 2.45) is 0 Å². The van der Waals surface area contributed by atoms with Crippen LogP contribution in [-0.4, -0.2) is 0 Å². The maximum atomic E-state index is 12.4. The van der Waals surface area contributed by atoms with Crippen LogP contribution in [0.4, 0.5) is 18.9 Å². The first-order valence-corrected chi connectivity index (χ1v) is 4.38. The van der Waals surface area contributed by atoms with Gasteiger partial charge in [0.1, 0.15) is 0 Å². The van der Waals surface area contributed by atoms with Crippen LogP contribution >= 0.6 is 34.8 Å². The molecule has 0 amide bonds. The molecular weight excluding hydrogens is 261 g/mol. The lowest BCUT2D eigenvalue weighted by Crippen LogP contribution is -2.08. The van der Waals surface area contributed by atoms with Gasteiger partial charge in [-0.15, -0.1) is 0 Å². The summed E-state index contributed by atoms with van der Waals surface area (Å²) in [6, 6.07) is 0.910. The van der Waals surface area contributed by atoms with E-state index < -0.39 is 21.8 Å². The summed E-state index contributed by atoms with van der Waals surface area (Å²) in [5.74, 6) is 0. The van der Waals surface area contributed by atoms with Crippen molar-refractivity contribution >= 4 is 40.5 Å². The summed E-state index contributed by atoms with van der Waals surface area (Å²) in [5.41, 5.74) is 3.73. The van der Waals surface area contributed by atoms with Gasteiger partial charge in [-0.3, -0.25) is 0 Å². The second kappa shape index (κ2) is 3.68. The molecule has 0 radical (unpaired) electrons. The highest BCUT2D eigenvalue weighted by atomic mass is 35.5. The largest absolute Gasteiger partial charge is 0.419 e. The Kier molecular flexibility index (Phi) is 3.09. The minimum Gasteiger partial charge on any atom is -0.396 e. The van der Waals surface area contributed by atoms with E-state index in [1.54, 1.807) is 0 Å². The molecule has 2 N–H and O–H groups in total. The fourth-order valence-electron chi connectivity index (χ4n) is 0.865. The summed E-state index contributed by atoms with van der Waals surface area (Å²) in [4.78, 5) is 0. The fourth-order valence-corrected chi connectivity index (χ4v) is 1.84. The van der Waals surface area contributed by atoms with Gasteiger partial charge in [0, 0.05) is 0 Å². The zero-order valence-corrected chi connectivity index (χ0v) is 8.69. The van der Waals surface area contributed by atoms with Crippen molar-refractivity contribution in [2.45, 2.75) is 6.18 Å². The maximum Gasteiger partial charge on any atom is 0.419 e. The quantitative estimate of drug-likeness (QED) is 0.697. The van der Waals surface area contributed by atoms with E-state index in [4.69, 9.17) is 40.5 Å². The molecule has 1 rings (SSSR count). The Labute approximate surface area is 92.5 Å². The fraction of sp³-hybridized carbons (Fsp3) is 0.143. The number of nitrogen functional groups attached to an aromatic ring is 1. The third-order valence-corrected chi connectivity index (χ3v) is 2.49. The lowest BCUT2D eigenvalue weighted by molar-refractivity contribution is -0.137. The normalized spacial score (nSPS) is 11.9. The summed E-state index contributed by atoms with van der Waals surface area (Å²) in [6.07, 6.45) is -4.65. The minimum atomic E-state index is -4.65. The van der Waals surface area contributed by atoms with E-state index in [0.717, 1.165) is 6.07 Å². The number of halogens is 6. The molecule has 0 aliphatic heterocycles. The first-order valence-electron chi connectivity index (χ1n) is 3.25. The Morgan fingerprint density at radius 3 is 2.00 bits per heavy atom. The maximum absolute atomic E-state index is 12.4. The molecule has 0 aliphatic carbocycles. The molecule has 0 saturated carbocycles. The van der Waals surface area contributed by atoms with Crippen LogP contribution in [0.15, 0.2) is 6.07 Å². The van der Waals surface area contributed by atoms with Crippen LogP contribution < -0.4 is 5.73 Å². The first-order chi connectivity index (χ1) is 6.25. The van der Waals surface area contributed by atoms with Gasteiger partial charge in [0.15, 0.2) is 0 Å². The molecule has 7 heteroatoms. The number of anilines is 1. The van der Waals surface area contributed by atoms with Crippen molar-refractivity contribution in [2.75, 3.05) is 5.73 Å². The lowest BCUT2D eigenvalue weighted by atomic mass is 10.2. The Morgan fingerprint density at radius 2 is 1.57 bits per heavy atom. The van der Waals surface area contributed by atoms with E-state index in [-0.39, 0.29) is 10.7 Å². The molecule has 0 aromatic heterocycles. The van der Waals surface area contributed by atoms with Crippen molar-refractivity contribution in [3.63, 3.8) is 0 Å². The first kappa shape index (κ1) is 11.8. The van der Waals surface area contributed by atoms with Gasteiger partial charge in [0.2, 0.25) is 0 Å². The molecule has 14 heavy (non-hydrogen) atoms. The molecule has 0 unspecified atom stereocenters. The summed E-state index contributed by atoms with van der Waals surface area (Å²) in [7, 11) is 0. The topological polar surface area (TPSA) is 26.0 Å². The predicted octanol–water partition coefficient (Wildman–Crippen LogP) is 4.25. The molecule has 1 aromatic carbocycles. The van der Waals surface area contributed by atoms with Crippen molar-refractivity contribution in [1.82, 2.24) is 0 Å². The molecule has 0 saturated heterocycles. The monoisotopic (exact) mass is 263 g/mol. The predicted molar refractivity (Wildman–Crippen MR) is 50.9 cm³/mol. The third-order valence-electron chi connectivity index (χ3n) is 1.49. The summed E-state index contributed by atoms with van der Waals surface area (Å²) >= 11 is 16.2. The van der Waals surface area contributed by atoms with Gasteiger partial charge >= 0.3 is 6.18 Å². The Morgan fingerprint density at radius 1 is 1.07 bits per heavy atom. The van der Waals surface area contributed by atoms with Gasteiger partial charge < -0.3 is 5.73 Å². The molecule has 0 spiro atoms. The van der Waals surface area contributed by atoms with Crippen molar-refractivity contribution in [3.05, 3.63) is 26.7 Å². The van der Waals surface area contributed by atoms with Crippen LogP contribution in [0.25, 0.3) is 0 Å². The molecule has 0 atom stereocenters. The average Bonchev–Trinajstić information content (AvgIpc) is 1.97. The molecular formula is C7H3Cl3F3N. The number of hydrogen-bond donors (Lipinski definition) is 1. The standard InChI is InChI=1S/C7H3Cl3F3N/c8-2-1-3(9)6(14)5(10)4(2)7(11,12)13/h1H,14H2. The minimum absolute atomic E-state index is 0.104. The van der Waals surface area contributed by atoms with Crippen molar-refractivity contribution < 1.29 is 13.2 Å². The van der Waals surface area contributed by atoms with Gasteiger partial charge in [0.25, 0.3) is 0 Å². The van der Waals surface area contributed by atoms with Gasteiger partial charge in [-0.05, 0) is 6.07 Å². The van der Waals surface area contributed by atoms with Gasteiger partial charge in [-0.1, -0.05) is 34.8 Å². The highest BCUT2D eigenvalue weighted by Gasteiger charge is 2.37. The zero-order valence-electron chi connectivity index (χ0n) is 6.42. The molecule has 0 aliphatic rings. The van der Waals surface area contributed by atoms with Gasteiger partial charge in [-0.2, -0.15) is 13.2 Å². The van der Waals surface area contributed by atoms with Gasteiger partial charge in [-0.25, -0.2) is 0 Å². The molecule has 0 fully saturated rings. The Bertz CT molecular complexity index is 375. The summed E-state index contributed by atoms with van der Waals surface area (Å²) in [5, 5.41) is -1.34. The molecule has 78 valence electrons. The van der Waals surface area contributed by atoms with E-state index >= 15 is 0 Å². The smallest absolute Gasteiger partial charge is 0.396 e. The van der Waals surface area contributed by atoms with Crippen LogP contribution in [0, 0.1) is 0 Å². The average molecular weight is 264 g/mol. The van der Waals surface area contributed by atoms with Crippen LogP contribution in [0.3, 0.4) is 0 Å². The lowest BCUT2D eigenvalue weighted by Gasteiger charge is -2.13. The highest BCUT2D eigenvalue weighted by Crippen LogP contribution is 2.44. The molecule has 1 nitrogen and oxygen atoms in total. The van der Waals surface area contributed by atoms with E-state index in [0.29, 0.717) is 0 Å². The molecule has 1 aromatic rings. The number of nitrogens with two attached hydrogens (primary N) is 1. The molecule has 0 bridgehead atoms. The number of alkyl halides is 3. The van der Waals surface area contributed by atoms with Crippen molar-refractivity contribution in [3.8, 4) is 0 Å². The van der Waals surface area contributed by atoms with Gasteiger partial charge in [0.05, 0.1) is 26.3 Å². The van der Waals surface area contributed by atoms with Crippen LogP contribution in [-0.2, 0) is 6.18 Å². The Balaban J connectivity index is 3.53. The summed E-state index contributed by atoms with van der Waals surface area (Å²) < 4.78 is 37.1. The third kappa shape index (κ3) is 2.02. The van der Waals surface area contributed by atoms with Crippen LogP contribution in [0.2, 0.25) is 15.1 Å². The van der Waals surface area contributed by atoms with E-state index in [2.05, 4.69) is 0 Å². The van der Waals surface area contributed by atoms with E-state index in [1.807, 2.05) is 0 Å². The zero-order chi connectivity index (χ0) is 11.1. The number of benzene rings is 1. The van der Waals surface area contributed by atoms with E-state index in [9.17, 15) is 13.2 Å². The SMILES string of the molecule is Nc1c(Cl)cc(Cl)c(C(F)(F)F)c1Cl. The van der Waals surface area contributed by atoms with Crippen molar-refractivity contribution in [1.29, 1.82) is 0 Å². The second-order valence-electron chi connectivity index (χ2n) is 2.44. The van der Waals surface area contributed by atoms with Crippen LogP contribution in [0.5, 0.6) is 0 Å². The van der Waals surface area contributed by atoms with E-state index in [1.165, 1.54) is 0 Å². The van der Waals surface area contributed by atoms with Crippen LogP contribution in [0.1, 0.15) is 5.56 Å².